The van der Waals surface area contributed by atoms with Crippen LogP contribution in [0.1, 0.15) is 10.4 Å². The van der Waals surface area contributed by atoms with Gasteiger partial charge in [-0.05, 0) is 36.4 Å². The van der Waals surface area contributed by atoms with E-state index in [-0.39, 0.29) is 16.6 Å². The van der Waals surface area contributed by atoms with Crippen LogP contribution in [0.3, 0.4) is 0 Å². The van der Waals surface area contributed by atoms with Gasteiger partial charge in [0, 0.05) is 40.8 Å². The van der Waals surface area contributed by atoms with Crippen molar-refractivity contribution in [2.75, 3.05) is 11.6 Å². The number of pyridine rings is 1. The van der Waals surface area contributed by atoms with Gasteiger partial charge in [0.15, 0.2) is 0 Å². The van der Waals surface area contributed by atoms with Gasteiger partial charge in [0.25, 0.3) is 11.5 Å². The summed E-state index contributed by atoms with van der Waals surface area (Å²) in [6, 6.07) is 17.2. The highest BCUT2D eigenvalue weighted by Gasteiger charge is 2.17. The van der Waals surface area contributed by atoms with Gasteiger partial charge in [-0.1, -0.05) is 24.3 Å². The zero-order valence-corrected chi connectivity index (χ0v) is 17.6. The molecule has 2 aromatic heterocycles. The van der Waals surface area contributed by atoms with E-state index in [0.29, 0.717) is 33.0 Å². The van der Waals surface area contributed by atoms with Gasteiger partial charge in [0.2, 0.25) is 0 Å². The van der Waals surface area contributed by atoms with E-state index in [9.17, 15) is 13.8 Å². The van der Waals surface area contributed by atoms with E-state index in [2.05, 4.69) is 15.3 Å². The third-order valence-electron chi connectivity index (χ3n) is 4.68. The lowest BCUT2D eigenvalue weighted by Crippen LogP contribution is -2.22. The van der Waals surface area contributed by atoms with Crippen molar-refractivity contribution in [1.29, 1.82) is 0 Å². The number of rotatable bonds is 4. The first-order chi connectivity index (χ1) is 14.5. The molecule has 4 aromatic rings. The summed E-state index contributed by atoms with van der Waals surface area (Å²) >= 11 is 0. The Hall–Kier alpha value is -3.69. The summed E-state index contributed by atoms with van der Waals surface area (Å²) in [6.45, 7) is 0. The number of amides is 1. The number of benzene rings is 2. The van der Waals surface area contributed by atoms with Gasteiger partial charge >= 0.3 is 0 Å². The molecule has 8 nitrogen and oxygen atoms in total. The molecule has 0 saturated heterocycles. The van der Waals surface area contributed by atoms with Crippen molar-refractivity contribution >= 4 is 33.4 Å². The van der Waals surface area contributed by atoms with Crippen molar-refractivity contribution in [2.45, 2.75) is 4.90 Å². The molecular formula is C22H20N4O4S. The van der Waals surface area contributed by atoms with Crippen molar-refractivity contribution in [3.8, 4) is 11.4 Å². The highest BCUT2D eigenvalue weighted by Crippen LogP contribution is 2.23. The van der Waals surface area contributed by atoms with Crippen LogP contribution in [0.4, 0.5) is 5.82 Å². The zero-order chi connectivity index (χ0) is 21.3. The maximum absolute atomic E-state index is 13.0. The number of nitrogens with one attached hydrogen (secondary N) is 1. The summed E-state index contributed by atoms with van der Waals surface area (Å²) in [5, 5.41) is 3.07. The van der Waals surface area contributed by atoms with E-state index in [0.717, 1.165) is 0 Å². The number of anilines is 1. The average molecular weight is 436 g/mol. The molecule has 31 heavy (non-hydrogen) atoms. The lowest BCUT2D eigenvalue weighted by atomic mass is 10.1. The average Bonchev–Trinajstić information content (AvgIpc) is 2.76. The summed E-state index contributed by atoms with van der Waals surface area (Å²) in [4.78, 5) is 35.2. The van der Waals surface area contributed by atoms with Crippen LogP contribution in [0.25, 0.3) is 22.3 Å². The Bertz CT molecular complexity index is 1350. The Labute approximate surface area is 180 Å². The van der Waals surface area contributed by atoms with Crippen LogP contribution in [-0.2, 0) is 17.8 Å². The zero-order valence-electron chi connectivity index (χ0n) is 16.8. The minimum atomic E-state index is -1.17. The van der Waals surface area contributed by atoms with Crippen molar-refractivity contribution in [1.82, 2.24) is 14.5 Å². The summed E-state index contributed by atoms with van der Waals surface area (Å²) < 4.78 is 13.3. The van der Waals surface area contributed by atoms with Crippen molar-refractivity contribution in [2.24, 2.45) is 7.05 Å². The highest BCUT2D eigenvalue weighted by molar-refractivity contribution is 7.84. The molecule has 0 bridgehead atoms. The van der Waals surface area contributed by atoms with Gasteiger partial charge in [-0.3, -0.25) is 18.4 Å². The van der Waals surface area contributed by atoms with E-state index in [1.165, 1.54) is 4.57 Å². The topological polar surface area (TPSA) is 125 Å². The Morgan fingerprint density at radius 2 is 1.84 bits per heavy atom. The third kappa shape index (κ3) is 4.27. The fourth-order valence-corrected chi connectivity index (χ4v) is 3.73. The molecular weight excluding hydrogens is 416 g/mol. The van der Waals surface area contributed by atoms with Crippen LogP contribution in [0.15, 0.2) is 76.6 Å². The summed E-state index contributed by atoms with van der Waals surface area (Å²) in [5.41, 5.74) is 0.939. The second-order valence-electron chi connectivity index (χ2n) is 6.65. The molecule has 9 heteroatoms. The van der Waals surface area contributed by atoms with Crippen molar-refractivity contribution < 1.29 is 14.5 Å². The molecule has 0 spiro atoms. The third-order valence-corrected chi connectivity index (χ3v) is 5.60. The molecule has 4 rings (SSSR count). The lowest BCUT2D eigenvalue weighted by molar-refractivity contribution is 0.102. The predicted octanol–water partition coefficient (Wildman–Crippen LogP) is 2.16. The maximum Gasteiger partial charge on any atom is 0.261 e. The SMILES string of the molecule is Cn1c(-c2cccc(S(C)=O)c2)nc2c(C(=O)Nc3ccccn3)cccc2c1=O.O. The monoisotopic (exact) mass is 436 g/mol. The molecule has 0 saturated carbocycles. The Kier molecular flexibility index (Phi) is 6.38. The van der Waals surface area contributed by atoms with E-state index in [1.54, 1.807) is 80.2 Å². The van der Waals surface area contributed by atoms with Crippen LogP contribution in [-0.4, -0.2) is 36.4 Å². The van der Waals surface area contributed by atoms with E-state index in [1.807, 2.05) is 0 Å². The number of nitrogens with zero attached hydrogens (tertiary/aromatic N) is 3. The maximum atomic E-state index is 13.0. The molecule has 1 amide bonds. The number of fused-ring (bicyclic) bond motifs is 1. The Morgan fingerprint density at radius 3 is 2.55 bits per heavy atom. The smallest absolute Gasteiger partial charge is 0.261 e. The molecule has 0 aliphatic rings. The largest absolute Gasteiger partial charge is 0.412 e. The standard InChI is InChI=1S/C22H18N4O3S.H2O/c1-26-20(14-7-5-8-15(13-14)30(2)29)25-19-16(9-6-10-17(19)22(26)28)21(27)24-18-11-3-4-12-23-18;/h3-13H,1-2H3,(H,23,24,27);1H2. The van der Waals surface area contributed by atoms with Crippen LogP contribution in [0.5, 0.6) is 0 Å². The minimum absolute atomic E-state index is 0. The fourth-order valence-electron chi connectivity index (χ4n) is 3.17. The molecule has 1 atom stereocenters. The molecule has 158 valence electrons. The van der Waals surface area contributed by atoms with Crippen LogP contribution >= 0.6 is 0 Å². The molecule has 0 aliphatic heterocycles. The van der Waals surface area contributed by atoms with Gasteiger partial charge in [0.05, 0.1) is 16.5 Å². The van der Waals surface area contributed by atoms with E-state index >= 15 is 0 Å². The van der Waals surface area contributed by atoms with Crippen molar-refractivity contribution in [3.05, 3.63) is 82.8 Å². The number of para-hydroxylation sites is 1. The van der Waals surface area contributed by atoms with Gasteiger partial charge in [-0.2, -0.15) is 0 Å². The number of hydrogen-bond acceptors (Lipinski definition) is 5. The predicted molar refractivity (Wildman–Crippen MR) is 121 cm³/mol. The second-order valence-corrected chi connectivity index (χ2v) is 8.03. The van der Waals surface area contributed by atoms with Crippen molar-refractivity contribution in [3.63, 3.8) is 0 Å². The molecule has 3 N–H and O–H groups in total. The first kappa shape index (κ1) is 22.0. The van der Waals surface area contributed by atoms with E-state index < -0.39 is 16.7 Å². The van der Waals surface area contributed by atoms with Gasteiger partial charge < -0.3 is 10.8 Å². The molecule has 1 unspecified atom stereocenters. The molecule has 2 heterocycles. The van der Waals surface area contributed by atoms with E-state index in [4.69, 9.17) is 0 Å². The second kappa shape index (κ2) is 8.99. The summed E-state index contributed by atoms with van der Waals surface area (Å²) in [6.07, 6.45) is 3.17. The molecule has 0 radical (unpaired) electrons. The lowest BCUT2D eigenvalue weighted by Gasteiger charge is -2.12. The normalized spacial score (nSPS) is 11.5. The number of carbonyl (C=O) groups excluding carboxylic acids is 1. The summed E-state index contributed by atoms with van der Waals surface area (Å²) in [5.74, 6) is 0.383. The Morgan fingerprint density at radius 1 is 1.06 bits per heavy atom. The van der Waals surface area contributed by atoms with Crippen LogP contribution in [0, 0.1) is 0 Å². The van der Waals surface area contributed by atoms with Crippen LogP contribution in [0.2, 0.25) is 0 Å². The Balaban J connectivity index is 0.00000272. The summed E-state index contributed by atoms with van der Waals surface area (Å²) in [7, 11) is 0.453. The van der Waals surface area contributed by atoms with Gasteiger partial charge in [-0.25, -0.2) is 9.97 Å². The molecule has 0 fully saturated rings. The molecule has 0 aliphatic carbocycles. The number of carbonyl (C=O) groups is 1. The number of aromatic nitrogens is 3. The highest BCUT2D eigenvalue weighted by atomic mass is 32.2. The van der Waals surface area contributed by atoms with Gasteiger partial charge in [-0.15, -0.1) is 0 Å². The quantitative estimate of drug-likeness (QED) is 0.525. The minimum Gasteiger partial charge on any atom is -0.412 e. The molecule has 2 aromatic carbocycles. The fraction of sp³-hybridized carbons (Fsp3) is 0.0909. The number of hydrogen-bond donors (Lipinski definition) is 1. The van der Waals surface area contributed by atoms with Gasteiger partial charge in [0.1, 0.15) is 11.6 Å². The van der Waals surface area contributed by atoms with Crippen LogP contribution < -0.4 is 10.9 Å². The first-order valence-corrected chi connectivity index (χ1v) is 10.7. The first-order valence-electron chi connectivity index (χ1n) is 9.11.